The molecule has 1 aliphatic carbocycles. The van der Waals surface area contributed by atoms with Gasteiger partial charge in [-0.25, -0.2) is 8.42 Å². The van der Waals surface area contributed by atoms with Crippen molar-refractivity contribution in [3.05, 3.63) is 0 Å². The average Bonchev–Trinajstić information content (AvgIpc) is 2.54. The first-order valence-electron chi connectivity index (χ1n) is 9.61. The second-order valence-electron chi connectivity index (χ2n) is 7.88. The third-order valence-corrected chi connectivity index (χ3v) is 7.97. The van der Waals surface area contributed by atoms with Crippen molar-refractivity contribution in [2.45, 2.75) is 70.5 Å². The molecule has 0 atom stereocenters. The summed E-state index contributed by atoms with van der Waals surface area (Å²) >= 11 is 0. The van der Waals surface area contributed by atoms with E-state index in [1.807, 2.05) is 13.8 Å². The monoisotopic (exact) mass is 485 g/mol. The normalized spacial score (nSPS) is 23.8. The number of halogens is 1. The van der Waals surface area contributed by atoms with Gasteiger partial charge in [0.25, 0.3) is 0 Å². The SMILES string of the molecule is CCNC(=NCCCC1CCCCC1)N1CCS(=O)(=O)C(C)(C)C1.I. The summed E-state index contributed by atoms with van der Waals surface area (Å²) in [6.07, 6.45) is 9.40. The highest BCUT2D eigenvalue weighted by molar-refractivity contribution is 14.0. The van der Waals surface area contributed by atoms with Crippen LogP contribution in [0, 0.1) is 5.92 Å². The number of nitrogens with one attached hydrogen (secondary N) is 1. The van der Waals surface area contributed by atoms with E-state index < -0.39 is 14.6 Å². The van der Waals surface area contributed by atoms with Crippen LogP contribution in [0.1, 0.15) is 65.7 Å². The van der Waals surface area contributed by atoms with E-state index in [1.54, 1.807) is 0 Å². The van der Waals surface area contributed by atoms with Crippen molar-refractivity contribution >= 4 is 39.8 Å². The molecule has 1 aliphatic heterocycles. The zero-order valence-corrected chi connectivity index (χ0v) is 19.2. The summed E-state index contributed by atoms with van der Waals surface area (Å²) in [7, 11) is -3.01. The van der Waals surface area contributed by atoms with Crippen LogP contribution >= 0.6 is 24.0 Å². The van der Waals surface area contributed by atoms with E-state index in [9.17, 15) is 8.42 Å². The summed E-state index contributed by atoms with van der Waals surface area (Å²) in [5.41, 5.74) is 0. The molecule has 0 radical (unpaired) electrons. The van der Waals surface area contributed by atoms with Crippen molar-refractivity contribution in [2.75, 3.05) is 31.9 Å². The maximum atomic E-state index is 12.2. The van der Waals surface area contributed by atoms with Crippen LogP contribution in [0.15, 0.2) is 4.99 Å². The number of aliphatic imine (C=N–C) groups is 1. The molecule has 1 N–H and O–H groups in total. The van der Waals surface area contributed by atoms with E-state index >= 15 is 0 Å². The van der Waals surface area contributed by atoms with Crippen molar-refractivity contribution in [1.82, 2.24) is 10.2 Å². The van der Waals surface area contributed by atoms with Gasteiger partial charge < -0.3 is 10.2 Å². The minimum absolute atomic E-state index is 0. The van der Waals surface area contributed by atoms with Gasteiger partial charge in [-0.3, -0.25) is 4.99 Å². The van der Waals surface area contributed by atoms with Gasteiger partial charge in [0.15, 0.2) is 15.8 Å². The van der Waals surface area contributed by atoms with Crippen LogP contribution in [0.4, 0.5) is 0 Å². The molecular formula is C18H36IN3O2S. The van der Waals surface area contributed by atoms with E-state index in [0.29, 0.717) is 13.1 Å². The fourth-order valence-electron chi connectivity index (χ4n) is 3.79. The predicted octanol–water partition coefficient (Wildman–Crippen LogP) is 3.44. The Morgan fingerprint density at radius 1 is 1.24 bits per heavy atom. The zero-order valence-electron chi connectivity index (χ0n) is 16.1. The van der Waals surface area contributed by atoms with Gasteiger partial charge in [-0.15, -0.1) is 24.0 Å². The highest BCUT2D eigenvalue weighted by atomic mass is 127. The number of sulfone groups is 1. The third-order valence-electron chi connectivity index (χ3n) is 5.43. The molecule has 0 aromatic carbocycles. The molecule has 2 aliphatic rings. The number of hydrogen-bond acceptors (Lipinski definition) is 3. The van der Waals surface area contributed by atoms with Crippen LogP contribution in [-0.4, -0.2) is 56.0 Å². The molecule has 0 unspecified atom stereocenters. The molecule has 1 saturated heterocycles. The molecule has 1 saturated carbocycles. The number of rotatable bonds is 5. The van der Waals surface area contributed by atoms with E-state index in [-0.39, 0.29) is 29.7 Å². The molecule has 0 aromatic heterocycles. The quantitative estimate of drug-likeness (QED) is 0.281. The standard InChI is InChI=1S/C18H35N3O2S.HI/c1-4-19-17(20-12-8-11-16-9-6-5-7-10-16)21-13-14-24(22,23)18(2,3)15-21;/h16H,4-15H2,1-3H3,(H,19,20);1H. The zero-order chi connectivity index (χ0) is 17.6. The lowest BCUT2D eigenvalue weighted by Gasteiger charge is -2.39. The highest BCUT2D eigenvalue weighted by Crippen LogP contribution is 2.27. The van der Waals surface area contributed by atoms with Gasteiger partial charge in [-0.1, -0.05) is 32.1 Å². The summed E-state index contributed by atoms with van der Waals surface area (Å²) in [5, 5.41) is 3.34. The lowest BCUT2D eigenvalue weighted by atomic mass is 9.86. The van der Waals surface area contributed by atoms with E-state index in [0.717, 1.165) is 31.4 Å². The minimum atomic E-state index is -3.01. The van der Waals surface area contributed by atoms with Crippen molar-refractivity contribution in [1.29, 1.82) is 0 Å². The van der Waals surface area contributed by atoms with E-state index in [4.69, 9.17) is 4.99 Å². The van der Waals surface area contributed by atoms with Crippen molar-refractivity contribution in [2.24, 2.45) is 10.9 Å². The molecule has 0 bridgehead atoms. The Hall–Kier alpha value is -0.0500. The molecule has 0 aromatic rings. The first kappa shape index (κ1) is 23.0. The largest absolute Gasteiger partial charge is 0.357 e. The van der Waals surface area contributed by atoms with Gasteiger partial charge in [0.1, 0.15) is 0 Å². The van der Waals surface area contributed by atoms with Crippen LogP contribution in [0.2, 0.25) is 0 Å². The number of nitrogens with zero attached hydrogens (tertiary/aromatic N) is 2. The molecule has 25 heavy (non-hydrogen) atoms. The predicted molar refractivity (Wildman–Crippen MR) is 117 cm³/mol. The third kappa shape index (κ3) is 6.56. The van der Waals surface area contributed by atoms with Crippen molar-refractivity contribution in [3.8, 4) is 0 Å². The van der Waals surface area contributed by atoms with Gasteiger partial charge >= 0.3 is 0 Å². The molecule has 148 valence electrons. The second kappa shape index (κ2) is 10.3. The molecule has 2 fully saturated rings. The molecule has 5 nitrogen and oxygen atoms in total. The lowest BCUT2D eigenvalue weighted by molar-refractivity contribution is 0.332. The Labute approximate surface area is 171 Å². The summed E-state index contributed by atoms with van der Waals surface area (Å²) in [5.74, 6) is 1.99. The van der Waals surface area contributed by atoms with E-state index in [2.05, 4.69) is 17.1 Å². The molecule has 1 heterocycles. The molecule has 2 rings (SSSR count). The molecule has 7 heteroatoms. The Bertz CT molecular complexity index is 528. The summed E-state index contributed by atoms with van der Waals surface area (Å²) in [6, 6.07) is 0. The van der Waals surface area contributed by atoms with Gasteiger partial charge in [0.05, 0.1) is 10.5 Å². The fraction of sp³-hybridized carbons (Fsp3) is 0.944. The summed E-state index contributed by atoms with van der Waals surface area (Å²) in [6.45, 7) is 8.41. The maximum Gasteiger partial charge on any atom is 0.193 e. The summed E-state index contributed by atoms with van der Waals surface area (Å²) < 4.78 is 23.7. The fourth-order valence-corrected chi connectivity index (χ4v) is 5.16. The smallest absolute Gasteiger partial charge is 0.193 e. The van der Waals surface area contributed by atoms with Crippen LogP contribution < -0.4 is 5.32 Å². The van der Waals surface area contributed by atoms with E-state index in [1.165, 1.54) is 38.5 Å². The topological polar surface area (TPSA) is 61.8 Å². The highest BCUT2D eigenvalue weighted by Gasteiger charge is 2.40. The Morgan fingerprint density at radius 3 is 2.52 bits per heavy atom. The number of hydrogen-bond donors (Lipinski definition) is 1. The average molecular weight is 485 g/mol. The molecule has 0 amide bonds. The maximum absolute atomic E-state index is 12.2. The van der Waals surface area contributed by atoms with Crippen LogP contribution in [0.25, 0.3) is 0 Å². The van der Waals surface area contributed by atoms with Gasteiger partial charge in [-0.05, 0) is 39.5 Å². The van der Waals surface area contributed by atoms with Crippen molar-refractivity contribution < 1.29 is 8.42 Å². The second-order valence-corrected chi connectivity index (χ2v) is 10.6. The first-order chi connectivity index (χ1) is 11.4. The van der Waals surface area contributed by atoms with Crippen molar-refractivity contribution in [3.63, 3.8) is 0 Å². The van der Waals surface area contributed by atoms with Gasteiger partial charge in [-0.2, -0.15) is 0 Å². The summed E-state index contributed by atoms with van der Waals surface area (Å²) in [4.78, 5) is 6.89. The van der Waals surface area contributed by atoms with Crippen LogP contribution in [0.5, 0.6) is 0 Å². The Kier molecular flexibility index (Phi) is 9.50. The Balaban J connectivity index is 0.00000312. The van der Waals surface area contributed by atoms with Gasteiger partial charge in [0, 0.05) is 26.2 Å². The lowest BCUT2D eigenvalue weighted by Crippen LogP contribution is -2.57. The van der Waals surface area contributed by atoms with Gasteiger partial charge in [0.2, 0.25) is 0 Å². The molecular weight excluding hydrogens is 449 g/mol. The Morgan fingerprint density at radius 2 is 1.92 bits per heavy atom. The molecule has 0 spiro atoms. The minimum Gasteiger partial charge on any atom is -0.357 e. The van der Waals surface area contributed by atoms with Crippen LogP contribution in [0.3, 0.4) is 0 Å². The number of guanidine groups is 1. The first-order valence-corrected chi connectivity index (χ1v) is 11.3. The van der Waals surface area contributed by atoms with Crippen LogP contribution in [-0.2, 0) is 9.84 Å².